The van der Waals surface area contributed by atoms with Crippen molar-refractivity contribution in [1.82, 2.24) is 0 Å². The Hall–Kier alpha value is -4.48. The molecule has 1 aliphatic carbocycles. The lowest BCUT2D eigenvalue weighted by Gasteiger charge is -2.28. The third kappa shape index (κ3) is 7.74. The smallest absolute Gasteiger partial charge is 0.429 e. The van der Waals surface area contributed by atoms with Crippen molar-refractivity contribution in [3.05, 3.63) is 120 Å². The van der Waals surface area contributed by atoms with Crippen LogP contribution in [0.3, 0.4) is 0 Å². The van der Waals surface area contributed by atoms with E-state index in [1.165, 1.54) is 18.2 Å². The first-order valence-electron chi connectivity index (χ1n) is 14.5. The summed E-state index contributed by atoms with van der Waals surface area (Å²) >= 11 is 0. The lowest BCUT2D eigenvalue weighted by molar-refractivity contribution is -0.275. The molecule has 0 saturated heterocycles. The molecule has 12 heteroatoms. The third-order valence-corrected chi connectivity index (χ3v) is 8.11. The normalized spacial score (nSPS) is 17.0. The lowest BCUT2D eigenvalue weighted by atomic mass is 9.77. The van der Waals surface area contributed by atoms with E-state index < -0.39 is 64.2 Å². The Labute approximate surface area is 263 Å². The minimum Gasteiger partial charge on any atom is -0.429 e. The van der Waals surface area contributed by atoms with Crippen LogP contribution in [0.1, 0.15) is 49.1 Å². The average molecular weight is 669 g/mol. The Morgan fingerprint density at radius 1 is 0.638 bits per heavy atom. The number of halogens is 10. The zero-order valence-corrected chi connectivity index (χ0v) is 24.4. The summed E-state index contributed by atoms with van der Waals surface area (Å²) in [6, 6.07) is 9.91. The summed E-state index contributed by atoms with van der Waals surface area (Å²) in [5.41, 5.74) is -1.68. The van der Waals surface area contributed by atoms with Gasteiger partial charge in [-0.15, -0.1) is 19.8 Å². The van der Waals surface area contributed by atoms with Gasteiger partial charge in [0.1, 0.15) is 34.6 Å². The highest BCUT2D eigenvalue weighted by molar-refractivity contribution is 5.72. The zero-order chi connectivity index (χ0) is 34.1. The molecule has 2 nitrogen and oxygen atoms in total. The predicted octanol–water partition coefficient (Wildman–Crippen LogP) is 11.6. The van der Waals surface area contributed by atoms with Crippen molar-refractivity contribution < 1.29 is 53.4 Å². The van der Waals surface area contributed by atoms with Gasteiger partial charge in [0.15, 0.2) is 11.6 Å². The molecule has 47 heavy (non-hydrogen) atoms. The van der Waals surface area contributed by atoms with Crippen molar-refractivity contribution in [2.75, 3.05) is 0 Å². The standard InChI is InChI=1S/C35H26F10O2/c1-2-3-19-4-6-20(7-5-19)21-8-11-25(27(36)14-21)22-9-12-26(28(37)15-22)23-16-30(39)33(31(40)17-23)34(41,42)46-24-10-13-32(29(38)18-24)47-35(43,44)45/h2,8-20H,1,3-7H2. The summed E-state index contributed by atoms with van der Waals surface area (Å²) in [4.78, 5) is 0. The molecular weight excluding hydrogens is 642 g/mol. The van der Waals surface area contributed by atoms with Crippen LogP contribution in [0.2, 0.25) is 0 Å². The van der Waals surface area contributed by atoms with Crippen molar-refractivity contribution in [2.45, 2.75) is 50.5 Å². The molecule has 0 aliphatic heterocycles. The first-order chi connectivity index (χ1) is 22.1. The fourth-order valence-corrected chi connectivity index (χ4v) is 5.86. The van der Waals surface area contributed by atoms with Crippen LogP contribution >= 0.6 is 0 Å². The van der Waals surface area contributed by atoms with Gasteiger partial charge >= 0.3 is 12.5 Å². The number of allylic oxidation sites excluding steroid dienone is 1. The van der Waals surface area contributed by atoms with E-state index in [9.17, 15) is 35.1 Å². The molecule has 0 unspecified atom stereocenters. The number of benzene rings is 4. The molecule has 0 N–H and O–H groups in total. The molecular formula is C35H26F10O2. The predicted molar refractivity (Wildman–Crippen MR) is 154 cm³/mol. The Balaban J connectivity index is 1.34. The molecule has 0 atom stereocenters. The van der Waals surface area contributed by atoms with E-state index in [0.29, 0.717) is 30.2 Å². The van der Waals surface area contributed by atoms with Gasteiger partial charge in [-0.2, -0.15) is 8.78 Å². The molecule has 0 spiro atoms. The highest BCUT2D eigenvalue weighted by atomic mass is 19.4. The maximum atomic E-state index is 15.2. The monoisotopic (exact) mass is 668 g/mol. The molecule has 1 saturated carbocycles. The van der Waals surface area contributed by atoms with Crippen molar-refractivity contribution in [3.8, 4) is 33.8 Å². The maximum Gasteiger partial charge on any atom is 0.573 e. The summed E-state index contributed by atoms with van der Waals surface area (Å²) in [7, 11) is 0. The number of hydrogen-bond acceptors (Lipinski definition) is 2. The topological polar surface area (TPSA) is 18.5 Å². The highest BCUT2D eigenvalue weighted by Gasteiger charge is 2.42. The van der Waals surface area contributed by atoms with Gasteiger partial charge in [0.05, 0.1) is 0 Å². The van der Waals surface area contributed by atoms with Crippen LogP contribution in [-0.2, 0) is 6.11 Å². The highest BCUT2D eigenvalue weighted by Crippen LogP contribution is 2.41. The lowest BCUT2D eigenvalue weighted by Crippen LogP contribution is -2.25. The van der Waals surface area contributed by atoms with Crippen LogP contribution < -0.4 is 9.47 Å². The molecule has 1 aliphatic rings. The van der Waals surface area contributed by atoms with Crippen molar-refractivity contribution in [1.29, 1.82) is 0 Å². The molecule has 5 rings (SSSR count). The molecule has 4 aromatic carbocycles. The van der Waals surface area contributed by atoms with Gasteiger partial charge in [0.2, 0.25) is 0 Å². The molecule has 0 bridgehead atoms. The Bertz CT molecular complexity index is 1750. The van der Waals surface area contributed by atoms with E-state index in [-0.39, 0.29) is 28.7 Å². The third-order valence-electron chi connectivity index (χ3n) is 8.11. The van der Waals surface area contributed by atoms with E-state index >= 15 is 8.78 Å². The first-order valence-corrected chi connectivity index (χ1v) is 14.5. The van der Waals surface area contributed by atoms with E-state index in [2.05, 4.69) is 16.1 Å². The number of alkyl halides is 5. The van der Waals surface area contributed by atoms with Crippen molar-refractivity contribution in [2.24, 2.45) is 5.92 Å². The molecule has 1 fully saturated rings. The summed E-state index contributed by atoms with van der Waals surface area (Å²) in [5.74, 6) is -8.68. The Kier molecular flexibility index (Phi) is 9.60. The van der Waals surface area contributed by atoms with Crippen molar-refractivity contribution >= 4 is 0 Å². The molecule has 248 valence electrons. The van der Waals surface area contributed by atoms with Gasteiger partial charge in [0, 0.05) is 17.2 Å². The quantitative estimate of drug-likeness (QED) is 0.131. The second-order valence-corrected chi connectivity index (χ2v) is 11.2. The summed E-state index contributed by atoms with van der Waals surface area (Å²) in [5, 5.41) is 0. The first kappa shape index (κ1) is 33.9. The van der Waals surface area contributed by atoms with E-state index in [0.717, 1.165) is 49.8 Å². The Morgan fingerprint density at radius 3 is 1.81 bits per heavy atom. The van der Waals surface area contributed by atoms with E-state index in [4.69, 9.17) is 0 Å². The Morgan fingerprint density at radius 2 is 1.23 bits per heavy atom. The molecule has 4 aromatic rings. The molecule has 0 aromatic heterocycles. The number of rotatable bonds is 9. The minimum atomic E-state index is -5.27. The fraction of sp³-hybridized carbons (Fsp3) is 0.257. The van der Waals surface area contributed by atoms with E-state index in [1.54, 1.807) is 6.07 Å². The van der Waals surface area contributed by atoms with Crippen LogP contribution in [0.15, 0.2) is 79.4 Å². The largest absolute Gasteiger partial charge is 0.573 e. The van der Waals surface area contributed by atoms with Gasteiger partial charge < -0.3 is 9.47 Å². The molecule has 0 radical (unpaired) electrons. The van der Waals surface area contributed by atoms with E-state index in [1.807, 2.05) is 6.08 Å². The summed E-state index contributed by atoms with van der Waals surface area (Å²) < 4.78 is 148. The average Bonchev–Trinajstić information content (AvgIpc) is 2.97. The number of hydrogen-bond donors (Lipinski definition) is 0. The maximum absolute atomic E-state index is 15.2. The van der Waals surface area contributed by atoms with Crippen LogP contribution in [0.5, 0.6) is 11.5 Å². The fourth-order valence-electron chi connectivity index (χ4n) is 5.86. The van der Waals surface area contributed by atoms with Crippen molar-refractivity contribution in [3.63, 3.8) is 0 Å². The molecule has 0 amide bonds. The zero-order valence-electron chi connectivity index (χ0n) is 24.4. The van der Waals surface area contributed by atoms with Gasteiger partial charge in [-0.25, -0.2) is 22.0 Å². The molecule has 0 heterocycles. The van der Waals surface area contributed by atoms with Gasteiger partial charge in [-0.3, -0.25) is 0 Å². The van der Waals surface area contributed by atoms with Crippen LogP contribution in [-0.4, -0.2) is 6.36 Å². The number of ether oxygens (including phenoxy) is 2. The second kappa shape index (κ2) is 13.3. The van der Waals surface area contributed by atoms with Gasteiger partial charge in [-0.1, -0.05) is 30.3 Å². The second-order valence-electron chi connectivity index (χ2n) is 11.2. The van der Waals surface area contributed by atoms with Crippen LogP contribution in [0.25, 0.3) is 22.3 Å². The minimum absolute atomic E-state index is 0.0958. The van der Waals surface area contributed by atoms with Gasteiger partial charge in [0.25, 0.3) is 0 Å². The van der Waals surface area contributed by atoms with Crippen LogP contribution in [0.4, 0.5) is 43.9 Å². The van der Waals surface area contributed by atoms with Crippen LogP contribution in [0, 0.1) is 35.0 Å². The SMILES string of the molecule is C=CCC1CCC(c2ccc(-c3ccc(-c4cc(F)c(C(F)(F)Oc5ccc(OC(F)(F)F)c(F)c5)c(F)c4)c(F)c3)c(F)c2)CC1. The summed E-state index contributed by atoms with van der Waals surface area (Å²) in [6.07, 6.45) is -3.35. The van der Waals surface area contributed by atoms with Gasteiger partial charge in [-0.05, 0) is 97.0 Å². The summed E-state index contributed by atoms with van der Waals surface area (Å²) in [6.45, 7) is 3.78.